The van der Waals surface area contributed by atoms with E-state index in [0.29, 0.717) is 6.61 Å². The van der Waals surface area contributed by atoms with Crippen LogP contribution in [0.15, 0.2) is 54.6 Å². The fourth-order valence-corrected chi connectivity index (χ4v) is 2.25. The molecule has 114 valence electrons. The second kappa shape index (κ2) is 8.86. The van der Waals surface area contributed by atoms with Gasteiger partial charge < -0.3 is 4.74 Å². The third-order valence-electron chi connectivity index (χ3n) is 3.40. The summed E-state index contributed by atoms with van der Waals surface area (Å²) in [6, 6.07) is 20.1. The number of benzene rings is 2. The second-order valence-electron chi connectivity index (χ2n) is 5.17. The van der Waals surface area contributed by atoms with Crippen molar-refractivity contribution in [3.05, 3.63) is 65.7 Å². The van der Waals surface area contributed by atoms with Crippen molar-refractivity contribution in [2.75, 3.05) is 13.2 Å². The van der Waals surface area contributed by atoms with E-state index in [2.05, 4.69) is 30.4 Å². The third-order valence-corrected chi connectivity index (χ3v) is 3.40. The summed E-state index contributed by atoms with van der Waals surface area (Å²) in [4.78, 5) is 0. The first-order valence-corrected chi connectivity index (χ1v) is 7.73. The van der Waals surface area contributed by atoms with Crippen LogP contribution in [0.1, 0.15) is 30.5 Å². The van der Waals surface area contributed by atoms with Gasteiger partial charge >= 0.3 is 0 Å². The largest absolute Gasteiger partial charge is 0.494 e. The van der Waals surface area contributed by atoms with Gasteiger partial charge in [-0.3, -0.25) is 5.32 Å². The molecule has 0 spiro atoms. The number of rotatable bonds is 8. The maximum absolute atomic E-state index is 9.39. The van der Waals surface area contributed by atoms with E-state index in [-0.39, 0.29) is 6.04 Å². The Kier molecular flexibility index (Phi) is 6.47. The highest BCUT2D eigenvalue weighted by Gasteiger charge is 2.10. The predicted molar refractivity (Wildman–Crippen MR) is 88.7 cm³/mol. The lowest BCUT2D eigenvalue weighted by Gasteiger charge is -2.13. The molecule has 2 aromatic carbocycles. The van der Waals surface area contributed by atoms with E-state index in [0.717, 1.165) is 30.7 Å². The van der Waals surface area contributed by atoms with Crippen molar-refractivity contribution < 1.29 is 4.74 Å². The Labute approximate surface area is 132 Å². The summed E-state index contributed by atoms with van der Waals surface area (Å²) in [6.45, 7) is 3.54. The highest BCUT2D eigenvalue weighted by molar-refractivity contribution is 5.33. The van der Waals surface area contributed by atoms with E-state index < -0.39 is 0 Å². The van der Waals surface area contributed by atoms with Crippen LogP contribution in [-0.4, -0.2) is 13.2 Å². The average Bonchev–Trinajstić information content (AvgIpc) is 2.58. The minimum Gasteiger partial charge on any atom is -0.494 e. The van der Waals surface area contributed by atoms with Gasteiger partial charge in [0, 0.05) is 6.54 Å². The van der Waals surface area contributed by atoms with Crippen LogP contribution in [-0.2, 0) is 6.42 Å². The average molecular weight is 294 g/mol. The zero-order valence-corrected chi connectivity index (χ0v) is 13.0. The van der Waals surface area contributed by atoms with Crippen LogP contribution in [0, 0.1) is 11.3 Å². The molecular formula is C19H22N2O. The Bertz CT molecular complexity index is 604. The van der Waals surface area contributed by atoms with Gasteiger partial charge in [0.2, 0.25) is 0 Å². The molecule has 0 radical (unpaired) electrons. The van der Waals surface area contributed by atoms with Gasteiger partial charge in [0.05, 0.1) is 12.7 Å². The molecule has 0 fully saturated rings. The van der Waals surface area contributed by atoms with E-state index in [1.807, 2.05) is 42.5 Å². The van der Waals surface area contributed by atoms with Crippen molar-refractivity contribution >= 4 is 0 Å². The quantitative estimate of drug-likeness (QED) is 0.803. The molecule has 22 heavy (non-hydrogen) atoms. The molecule has 1 N–H and O–H groups in total. The number of nitriles is 1. The number of hydrogen-bond acceptors (Lipinski definition) is 3. The third kappa shape index (κ3) is 4.91. The van der Waals surface area contributed by atoms with Gasteiger partial charge in [0.1, 0.15) is 11.8 Å². The Morgan fingerprint density at radius 1 is 1.14 bits per heavy atom. The summed E-state index contributed by atoms with van der Waals surface area (Å²) in [5, 5.41) is 12.7. The van der Waals surface area contributed by atoms with Gasteiger partial charge in [-0.1, -0.05) is 49.4 Å². The zero-order valence-electron chi connectivity index (χ0n) is 13.0. The molecule has 2 aromatic rings. The number of ether oxygens (including phenoxy) is 1. The van der Waals surface area contributed by atoms with E-state index in [4.69, 9.17) is 4.74 Å². The molecule has 0 amide bonds. The maximum atomic E-state index is 9.39. The van der Waals surface area contributed by atoms with Crippen LogP contribution in [0.3, 0.4) is 0 Å². The molecule has 0 aliphatic carbocycles. The van der Waals surface area contributed by atoms with E-state index in [1.165, 1.54) is 5.56 Å². The first kappa shape index (κ1) is 16.1. The standard InChI is InChI=1S/C19H22N2O/c1-2-13-22-18-10-6-9-17(14-18)19(15-20)21-12-11-16-7-4-3-5-8-16/h3-10,14,19,21H,2,11-13H2,1H3. The lowest BCUT2D eigenvalue weighted by Crippen LogP contribution is -2.22. The Morgan fingerprint density at radius 2 is 1.95 bits per heavy atom. The van der Waals surface area contributed by atoms with Gasteiger partial charge in [-0.15, -0.1) is 0 Å². The fourth-order valence-electron chi connectivity index (χ4n) is 2.25. The molecule has 0 aromatic heterocycles. The molecule has 0 saturated carbocycles. The molecular weight excluding hydrogens is 272 g/mol. The maximum Gasteiger partial charge on any atom is 0.121 e. The fraction of sp³-hybridized carbons (Fsp3) is 0.316. The molecule has 1 atom stereocenters. The smallest absolute Gasteiger partial charge is 0.121 e. The predicted octanol–water partition coefficient (Wildman–Crippen LogP) is 3.87. The Balaban J connectivity index is 1.92. The van der Waals surface area contributed by atoms with E-state index in [9.17, 15) is 5.26 Å². The molecule has 2 rings (SSSR count). The second-order valence-corrected chi connectivity index (χ2v) is 5.17. The van der Waals surface area contributed by atoms with Gasteiger partial charge in [-0.2, -0.15) is 5.26 Å². The molecule has 3 heteroatoms. The Hall–Kier alpha value is -2.31. The normalized spacial score (nSPS) is 11.6. The van der Waals surface area contributed by atoms with Crippen molar-refractivity contribution in [1.82, 2.24) is 5.32 Å². The minimum absolute atomic E-state index is 0.311. The SMILES string of the molecule is CCCOc1cccc(C(C#N)NCCc2ccccc2)c1. The van der Waals surface area contributed by atoms with Crippen molar-refractivity contribution in [1.29, 1.82) is 5.26 Å². The summed E-state index contributed by atoms with van der Waals surface area (Å²) in [6.07, 6.45) is 1.88. The van der Waals surface area contributed by atoms with E-state index in [1.54, 1.807) is 0 Å². The van der Waals surface area contributed by atoms with Crippen molar-refractivity contribution in [3.8, 4) is 11.8 Å². The molecule has 1 unspecified atom stereocenters. The van der Waals surface area contributed by atoms with Gasteiger partial charge in [0.25, 0.3) is 0 Å². The first-order chi connectivity index (χ1) is 10.8. The first-order valence-electron chi connectivity index (χ1n) is 7.73. The molecule has 0 bridgehead atoms. The summed E-state index contributed by atoms with van der Waals surface area (Å²) in [5.41, 5.74) is 2.22. The van der Waals surface area contributed by atoms with Crippen LogP contribution >= 0.6 is 0 Å². The minimum atomic E-state index is -0.311. The van der Waals surface area contributed by atoms with E-state index >= 15 is 0 Å². The zero-order chi connectivity index (χ0) is 15.6. The highest BCUT2D eigenvalue weighted by atomic mass is 16.5. The van der Waals surface area contributed by atoms with Crippen LogP contribution in [0.5, 0.6) is 5.75 Å². The summed E-state index contributed by atoms with van der Waals surface area (Å²) in [7, 11) is 0. The van der Waals surface area contributed by atoms with Crippen LogP contribution in [0.2, 0.25) is 0 Å². The summed E-state index contributed by atoms with van der Waals surface area (Å²) >= 11 is 0. The lowest BCUT2D eigenvalue weighted by molar-refractivity contribution is 0.317. The van der Waals surface area contributed by atoms with Crippen LogP contribution in [0.4, 0.5) is 0 Å². The number of nitrogens with zero attached hydrogens (tertiary/aromatic N) is 1. The number of nitrogens with one attached hydrogen (secondary N) is 1. The molecule has 3 nitrogen and oxygen atoms in total. The van der Waals surface area contributed by atoms with Crippen molar-refractivity contribution in [3.63, 3.8) is 0 Å². The monoisotopic (exact) mass is 294 g/mol. The van der Waals surface area contributed by atoms with Gasteiger partial charge in [-0.05, 0) is 36.1 Å². The van der Waals surface area contributed by atoms with Gasteiger partial charge in [0.15, 0.2) is 0 Å². The Morgan fingerprint density at radius 3 is 2.68 bits per heavy atom. The highest BCUT2D eigenvalue weighted by Crippen LogP contribution is 2.19. The summed E-state index contributed by atoms with van der Waals surface area (Å²) < 4.78 is 5.63. The molecule has 0 aliphatic rings. The van der Waals surface area contributed by atoms with Crippen molar-refractivity contribution in [2.24, 2.45) is 0 Å². The van der Waals surface area contributed by atoms with Crippen LogP contribution < -0.4 is 10.1 Å². The topological polar surface area (TPSA) is 45.0 Å². The molecule has 0 saturated heterocycles. The summed E-state index contributed by atoms with van der Waals surface area (Å²) in [5.74, 6) is 0.824. The van der Waals surface area contributed by atoms with Crippen molar-refractivity contribution in [2.45, 2.75) is 25.8 Å². The van der Waals surface area contributed by atoms with Gasteiger partial charge in [-0.25, -0.2) is 0 Å². The number of hydrogen-bond donors (Lipinski definition) is 1. The molecule has 0 heterocycles. The lowest BCUT2D eigenvalue weighted by atomic mass is 10.1. The molecule has 0 aliphatic heterocycles. The van der Waals surface area contributed by atoms with Crippen LogP contribution in [0.25, 0.3) is 0 Å².